The third-order valence-electron chi connectivity index (χ3n) is 3.17. The molecule has 1 atom stereocenters. The van der Waals surface area contributed by atoms with Crippen molar-refractivity contribution in [2.45, 2.75) is 61.0 Å². The zero-order chi connectivity index (χ0) is 20.7. The highest BCUT2D eigenvalue weighted by atomic mass is 35.5. The van der Waals surface area contributed by atoms with Gasteiger partial charge in [-0.25, -0.2) is 0 Å². The van der Waals surface area contributed by atoms with Gasteiger partial charge >= 0.3 is 11.9 Å². The minimum atomic E-state index is -0.689. The van der Waals surface area contributed by atoms with E-state index in [1.165, 1.54) is 7.05 Å². The molecule has 1 rings (SSSR count). The Morgan fingerprint density at radius 1 is 0.963 bits per heavy atom. The molecule has 0 fully saturated rings. The van der Waals surface area contributed by atoms with Crippen LogP contribution in [0.1, 0.15) is 54.0 Å². The Hall–Kier alpha value is -1.63. The molecule has 0 amide bonds. The summed E-state index contributed by atoms with van der Waals surface area (Å²) in [5, 5.41) is 9.54. The lowest BCUT2D eigenvalue weighted by molar-refractivity contribution is -0.145. The lowest BCUT2D eigenvalue weighted by Gasteiger charge is -2.21. The molecular formula is C20H34ClNO5. The number of carbonyl (C=O) groups excluding carboxylic acids is 2. The van der Waals surface area contributed by atoms with E-state index in [-0.39, 0.29) is 23.9 Å². The minimum absolute atomic E-state index is 0. The average molecular weight is 404 g/mol. The van der Waals surface area contributed by atoms with Gasteiger partial charge in [-0.3, -0.25) is 9.59 Å². The fourth-order valence-electron chi connectivity index (χ4n) is 1.69. The van der Waals surface area contributed by atoms with Crippen LogP contribution in [0, 0.1) is 10.8 Å². The van der Waals surface area contributed by atoms with Crippen LogP contribution in [0.2, 0.25) is 0 Å². The van der Waals surface area contributed by atoms with Gasteiger partial charge in [0.05, 0.1) is 16.9 Å². The molecule has 1 unspecified atom stereocenters. The number of rotatable bonds is 4. The second-order valence-electron chi connectivity index (χ2n) is 8.11. The van der Waals surface area contributed by atoms with Crippen molar-refractivity contribution in [2.24, 2.45) is 16.6 Å². The number of hydrogen-bond donors (Lipinski definition) is 2. The maximum absolute atomic E-state index is 12.2. The average Bonchev–Trinajstić information content (AvgIpc) is 2.49. The maximum Gasteiger partial charge on any atom is 0.316 e. The van der Waals surface area contributed by atoms with Gasteiger partial charge in [-0.15, -0.1) is 12.4 Å². The van der Waals surface area contributed by atoms with Crippen LogP contribution in [-0.2, 0) is 16.0 Å². The van der Waals surface area contributed by atoms with Crippen molar-refractivity contribution in [3.05, 3.63) is 23.8 Å². The topological polar surface area (TPSA) is 98.9 Å². The summed E-state index contributed by atoms with van der Waals surface area (Å²) in [5.74, 6) is -0.462. The molecule has 0 bridgehead atoms. The number of carbonyl (C=O) groups is 2. The highest BCUT2D eigenvalue weighted by Crippen LogP contribution is 2.32. The molecule has 0 aromatic heterocycles. The predicted octanol–water partition coefficient (Wildman–Crippen LogP) is 3.51. The number of aliphatic hydroxyl groups excluding tert-OH is 1. The van der Waals surface area contributed by atoms with E-state index in [2.05, 4.69) is 5.73 Å². The first kappa shape index (κ1) is 27.6. The first-order valence-electron chi connectivity index (χ1n) is 8.64. The molecular weight excluding hydrogens is 370 g/mol. The molecule has 0 spiro atoms. The Morgan fingerprint density at radius 3 is 1.74 bits per heavy atom. The number of aliphatic hydroxyl groups is 1. The smallest absolute Gasteiger partial charge is 0.316 e. The van der Waals surface area contributed by atoms with Crippen LogP contribution in [0.5, 0.6) is 11.5 Å². The molecule has 1 aromatic carbocycles. The van der Waals surface area contributed by atoms with Gasteiger partial charge in [0, 0.05) is 0 Å². The molecule has 0 radical (unpaired) electrons. The van der Waals surface area contributed by atoms with Gasteiger partial charge in [0.2, 0.25) is 0 Å². The molecule has 0 saturated heterocycles. The van der Waals surface area contributed by atoms with Crippen LogP contribution in [0.3, 0.4) is 0 Å². The van der Waals surface area contributed by atoms with Crippen LogP contribution >= 0.6 is 12.4 Å². The summed E-state index contributed by atoms with van der Waals surface area (Å²) >= 11 is 0. The van der Waals surface area contributed by atoms with Crippen LogP contribution in [0.4, 0.5) is 0 Å². The molecule has 1 aromatic rings. The zero-order valence-corrected chi connectivity index (χ0v) is 18.4. The van der Waals surface area contributed by atoms with Crippen molar-refractivity contribution in [3.8, 4) is 11.5 Å². The van der Waals surface area contributed by atoms with Gasteiger partial charge in [0.1, 0.15) is 0 Å². The number of nitrogens with two attached hydrogens (primary N) is 1. The third-order valence-corrected chi connectivity index (χ3v) is 3.17. The molecule has 0 aliphatic rings. The van der Waals surface area contributed by atoms with E-state index in [0.29, 0.717) is 6.42 Å². The standard InChI is InChI=1S/C19H28O5.CH5N.ClH/c1-12(20)10-13-8-9-14(23-16(21)18(2,3)4)15(11-13)24-17(22)19(5,6)7;1-2;/h8-9,11-12,20H,10H2,1-7H3;2H2,1H3;1H. The Kier molecular flexibility index (Phi) is 11.5. The minimum Gasteiger partial charge on any atom is -0.422 e. The largest absolute Gasteiger partial charge is 0.422 e. The molecule has 0 saturated carbocycles. The molecule has 3 N–H and O–H groups in total. The molecule has 156 valence electrons. The number of ether oxygens (including phenoxy) is 2. The first-order chi connectivity index (χ1) is 11.8. The monoisotopic (exact) mass is 403 g/mol. The Bertz CT molecular complexity index is 616. The number of esters is 2. The summed E-state index contributed by atoms with van der Waals surface area (Å²) in [5.41, 5.74) is 3.92. The van der Waals surface area contributed by atoms with Gasteiger partial charge in [-0.05, 0) is 79.6 Å². The summed E-state index contributed by atoms with van der Waals surface area (Å²) < 4.78 is 10.9. The maximum atomic E-state index is 12.2. The van der Waals surface area contributed by atoms with E-state index in [1.54, 1.807) is 66.7 Å². The van der Waals surface area contributed by atoms with Crippen molar-refractivity contribution < 1.29 is 24.2 Å². The molecule has 0 heterocycles. The van der Waals surface area contributed by atoms with Crippen LogP contribution in [-0.4, -0.2) is 30.2 Å². The summed E-state index contributed by atoms with van der Waals surface area (Å²) in [6.07, 6.45) is -0.118. The highest BCUT2D eigenvalue weighted by molar-refractivity contribution is 5.85. The SMILES string of the molecule is CC(O)Cc1ccc(OC(=O)C(C)(C)C)c(OC(=O)C(C)(C)C)c1.CN.Cl. The van der Waals surface area contributed by atoms with Gasteiger partial charge in [0.25, 0.3) is 0 Å². The number of halogens is 1. The normalized spacial score (nSPS) is 12.1. The van der Waals surface area contributed by atoms with Crippen LogP contribution in [0.25, 0.3) is 0 Å². The van der Waals surface area contributed by atoms with Crippen molar-refractivity contribution in [3.63, 3.8) is 0 Å². The second kappa shape index (κ2) is 11.3. The van der Waals surface area contributed by atoms with Crippen molar-refractivity contribution in [2.75, 3.05) is 7.05 Å². The summed E-state index contributed by atoms with van der Waals surface area (Å²) in [4.78, 5) is 24.3. The Morgan fingerprint density at radius 2 is 1.37 bits per heavy atom. The fourth-order valence-corrected chi connectivity index (χ4v) is 1.69. The molecule has 0 aliphatic heterocycles. The van der Waals surface area contributed by atoms with E-state index >= 15 is 0 Å². The van der Waals surface area contributed by atoms with E-state index < -0.39 is 28.9 Å². The third kappa shape index (κ3) is 9.75. The quantitative estimate of drug-likeness (QED) is 0.589. The molecule has 27 heavy (non-hydrogen) atoms. The molecule has 6 nitrogen and oxygen atoms in total. The van der Waals surface area contributed by atoms with Crippen LogP contribution in [0.15, 0.2) is 18.2 Å². The van der Waals surface area contributed by atoms with Crippen LogP contribution < -0.4 is 15.2 Å². The molecule has 0 aliphatic carbocycles. The van der Waals surface area contributed by atoms with Gasteiger partial charge in [0.15, 0.2) is 11.5 Å². The summed E-state index contributed by atoms with van der Waals surface area (Å²) in [6.45, 7) is 12.2. The van der Waals surface area contributed by atoms with E-state index in [9.17, 15) is 14.7 Å². The lowest BCUT2D eigenvalue weighted by atomic mass is 9.97. The molecule has 7 heteroatoms. The predicted molar refractivity (Wildman–Crippen MR) is 109 cm³/mol. The van der Waals surface area contributed by atoms with Crippen molar-refractivity contribution in [1.29, 1.82) is 0 Å². The van der Waals surface area contributed by atoms with E-state index in [1.807, 2.05) is 0 Å². The Labute approximate surface area is 168 Å². The van der Waals surface area contributed by atoms with Gasteiger partial charge in [-0.2, -0.15) is 0 Å². The zero-order valence-electron chi connectivity index (χ0n) is 17.6. The number of benzene rings is 1. The van der Waals surface area contributed by atoms with Crippen molar-refractivity contribution in [1.82, 2.24) is 0 Å². The second-order valence-corrected chi connectivity index (χ2v) is 8.11. The Balaban J connectivity index is 0. The first-order valence-corrected chi connectivity index (χ1v) is 8.64. The summed E-state index contributed by atoms with van der Waals surface area (Å²) in [7, 11) is 1.50. The highest BCUT2D eigenvalue weighted by Gasteiger charge is 2.28. The van der Waals surface area contributed by atoms with Gasteiger partial charge in [-0.1, -0.05) is 6.07 Å². The van der Waals surface area contributed by atoms with Crippen molar-refractivity contribution >= 4 is 24.3 Å². The van der Waals surface area contributed by atoms with E-state index in [0.717, 1.165) is 5.56 Å². The van der Waals surface area contributed by atoms with Gasteiger partial charge < -0.3 is 20.3 Å². The van der Waals surface area contributed by atoms with E-state index in [4.69, 9.17) is 9.47 Å². The fraction of sp³-hybridized carbons (Fsp3) is 0.600. The lowest BCUT2D eigenvalue weighted by Crippen LogP contribution is -2.28. The summed E-state index contributed by atoms with van der Waals surface area (Å²) in [6, 6.07) is 4.96. The number of hydrogen-bond acceptors (Lipinski definition) is 6.